The summed E-state index contributed by atoms with van der Waals surface area (Å²) in [4.78, 5) is 18.0. The molecule has 0 radical (unpaired) electrons. The van der Waals surface area contributed by atoms with Gasteiger partial charge in [0, 0.05) is 11.6 Å². The Morgan fingerprint density at radius 1 is 1.33 bits per heavy atom. The Kier molecular flexibility index (Phi) is 3.55. The van der Waals surface area contributed by atoms with Crippen LogP contribution in [0.1, 0.15) is 5.56 Å². The third-order valence-electron chi connectivity index (χ3n) is 2.07. The third-order valence-corrected chi connectivity index (χ3v) is 3.73. The van der Waals surface area contributed by atoms with Crippen LogP contribution in [0.3, 0.4) is 0 Å². The maximum Gasteiger partial charge on any atom is 0.362 e. The number of halogens is 1. The lowest BCUT2D eigenvalue weighted by atomic mass is 10.1. The van der Waals surface area contributed by atoms with Crippen LogP contribution in [0.4, 0.5) is 0 Å². The zero-order valence-electron chi connectivity index (χ0n) is 7.67. The molecule has 0 spiro atoms. The maximum atomic E-state index is 11.1. The Hall–Kier alpha value is -0.420. The molecule has 1 aromatic rings. The summed E-state index contributed by atoms with van der Waals surface area (Å²) in [6.07, 6.45) is 0. The van der Waals surface area contributed by atoms with E-state index in [-0.39, 0.29) is 5.56 Å². The fraction of sp³-hybridized carbons (Fsp3) is 0.250. The Morgan fingerprint density at radius 3 is 2.13 bits per heavy atom. The highest BCUT2D eigenvalue weighted by molar-refractivity contribution is 7.52. The normalized spacial score (nSPS) is 16.1. The van der Waals surface area contributed by atoms with Crippen LogP contribution >= 0.6 is 19.2 Å². The highest BCUT2D eigenvalue weighted by atomic mass is 35.5. The van der Waals surface area contributed by atoms with Crippen LogP contribution in [-0.4, -0.2) is 21.4 Å². The van der Waals surface area contributed by atoms with Crippen molar-refractivity contribution < 1.29 is 19.5 Å². The smallest absolute Gasteiger partial charge is 0.362 e. The predicted molar refractivity (Wildman–Crippen MR) is 56.4 cm³/mol. The van der Waals surface area contributed by atoms with Crippen molar-refractivity contribution in [3.63, 3.8) is 0 Å². The van der Waals surface area contributed by atoms with Gasteiger partial charge in [-0.15, -0.1) is 0 Å². The van der Waals surface area contributed by atoms with Gasteiger partial charge < -0.3 is 20.6 Å². The summed E-state index contributed by atoms with van der Waals surface area (Å²) in [6.45, 7) is -0.571. The van der Waals surface area contributed by atoms with Crippen molar-refractivity contribution >= 4 is 19.2 Å². The largest absolute Gasteiger partial charge is 0.372 e. The second-order valence-electron chi connectivity index (χ2n) is 3.07. The lowest BCUT2D eigenvalue weighted by Crippen LogP contribution is -2.34. The van der Waals surface area contributed by atoms with Gasteiger partial charge in [-0.1, -0.05) is 23.7 Å². The van der Waals surface area contributed by atoms with E-state index in [1.165, 1.54) is 24.3 Å². The molecular formula is C8H11ClNO4P. The van der Waals surface area contributed by atoms with E-state index < -0.39 is 19.5 Å². The zero-order chi connectivity index (χ0) is 11.7. The molecule has 1 rings (SSSR count). The zero-order valence-corrected chi connectivity index (χ0v) is 9.32. The molecule has 5 N–H and O–H groups in total. The Bertz CT molecular complexity index is 390. The number of nitrogens with two attached hydrogens (primary N) is 1. The van der Waals surface area contributed by atoms with Gasteiger partial charge in [-0.25, -0.2) is 0 Å². The van der Waals surface area contributed by atoms with E-state index in [0.29, 0.717) is 5.02 Å². The highest BCUT2D eigenvalue weighted by Crippen LogP contribution is 2.54. The highest BCUT2D eigenvalue weighted by Gasteiger charge is 2.45. The molecule has 84 valence electrons. The van der Waals surface area contributed by atoms with Gasteiger partial charge in [0.1, 0.15) is 0 Å². The van der Waals surface area contributed by atoms with E-state index in [2.05, 4.69) is 0 Å². The first-order chi connectivity index (χ1) is 6.81. The second-order valence-corrected chi connectivity index (χ2v) is 5.34. The molecule has 0 aliphatic carbocycles. The van der Waals surface area contributed by atoms with E-state index in [4.69, 9.17) is 27.1 Å². The quantitative estimate of drug-likeness (QED) is 0.590. The molecule has 1 aromatic carbocycles. The minimum Gasteiger partial charge on any atom is -0.372 e. The van der Waals surface area contributed by atoms with E-state index in [1.54, 1.807) is 0 Å². The van der Waals surface area contributed by atoms with E-state index in [9.17, 15) is 9.67 Å². The van der Waals surface area contributed by atoms with Gasteiger partial charge in [0.2, 0.25) is 5.34 Å². The molecule has 0 aliphatic heterocycles. The molecular weight excluding hydrogens is 241 g/mol. The first-order valence-electron chi connectivity index (χ1n) is 4.05. The minimum absolute atomic E-state index is 0.0442. The molecule has 0 fully saturated rings. The van der Waals surface area contributed by atoms with Gasteiger partial charge >= 0.3 is 7.60 Å². The molecule has 1 atom stereocenters. The molecule has 5 nitrogen and oxygen atoms in total. The van der Waals surface area contributed by atoms with Gasteiger partial charge in [0.15, 0.2) is 0 Å². The van der Waals surface area contributed by atoms with Gasteiger partial charge in [0.25, 0.3) is 0 Å². The Labute approximate surface area is 91.7 Å². The Balaban J connectivity index is 3.24. The van der Waals surface area contributed by atoms with Crippen molar-refractivity contribution in [2.45, 2.75) is 5.34 Å². The first-order valence-corrected chi connectivity index (χ1v) is 6.04. The first kappa shape index (κ1) is 12.6. The summed E-state index contributed by atoms with van der Waals surface area (Å²) in [5.41, 5.74) is 5.23. The third kappa shape index (κ3) is 2.39. The van der Waals surface area contributed by atoms with Gasteiger partial charge in [0.05, 0.1) is 0 Å². The topological polar surface area (TPSA) is 104 Å². The van der Waals surface area contributed by atoms with E-state index in [0.717, 1.165) is 0 Å². The van der Waals surface area contributed by atoms with Crippen molar-refractivity contribution in [2.24, 2.45) is 5.73 Å². The second kappa shape index (κ2) is 4.22. The molecule has 0 amide bonds. The van der Waals surface area contributed by atoms with E-state index in [1.807, 2.05) is 0 Å². The molecule has 0 bridgehead atoms. The molecule has 0 aliphatic rings. The van der Waals surface area contributed by atoms with Crippen LogP contribution in [-0.2, 0) is 9.91 Å². The fourth-order valence-corrected chi connectivity index (χ4v) is 1.97. The van der Waals surface area contributed by atoms with E-state index >= 15 is 0 Å². The van der Waals surface area contributed by atoms with Crippen LogP contribution in [0.2, 0.25) is 5.02 Å². The van der Waals surface area contributed by atoms with Crippen LogP contribution < -0.4 is 5.73 Å². The monoisotopic (exact) mass is 251 g/mol. The Morgan fingerprint density at radius 2 is 1.80 bits per heavy atom. The molecule has 0 unspecified atom stereocenters. The summed E-state index contributed by atoms with van der Waals surface area (Å²) >= 11 is 5.61. The average molecular weight is 252 g/mol. The van der Waals surface area contributed by atoms with Crippen molar-refractivity contribution in [2.75, 3.05) is 6.54 Å². The van der Waals surface area contributed by atoms with Gasteiger partial charge in [-0.05, 0) is 17.7 Å². The lowest BCUT2D eigenvalue weighted by molar-refractivity contribution is 0.0977. The molecule has 0 aromatic heterocycles. The van der Waals surface area contributed by atoms with Crippen LogP contribution in [0.15, 0.2) is 24.3 Å². The molecule has 15 heavy (non-hydrogen) atoms. The fourth-order valence-electron chi connectivity index (χ4n) is 1.12. The number of hydrogen-bond donors (Lipinski definition) is 4. The SMILES string of the molecule is NC[C@@](O)(c1ccc(Cl)cc1)P(=O)(O)O. The van der Waals surface area contributed by atoms with Crippen molar-refractivity contribution in [1.82, 2.24) is 0 Å². The summed E-state index contributed by atoms with van der Waals surface area (Å²) in [7, 11) is -4.74. The maximum absolute atomic E-state index is 11.1. The number of benzene rings is 1. The van der Waals surface area contributed by atoms with Crippen molar-refractivity contribution in [3.8, 4) is 0 Å². The number of rotatable bonds is 3. The summed E-state index contributed by atoms with van der Waals surface area (Å²) in [5.74, 6) is 0. The summed E-state index contributed by atoms with van der Waals surface area (Å²) in [5, 5.41) is 7.84. The lowest BCUT2D eigenvalue weighted by Gasteiger charge is -2.27. The molecule has 0 saturated carbocycles. The number of aliphatic hydroxyl groups is 1. The molecule has 0 heterocycles. The van der Waals surface area contributed by atoms with Gasteiger partial charge in [-0.3, -0.25) is 4.57 Å². The molecule has 7 heteroatoms. The number of hydrogen-bond acceptors (Lipinski definition) is 3. The summed E-state index contributed by atoms with van der Waals surface area (Å²) < 4.78 is 11.1. The van der Waals surface area contributed by atoms with Crippen molar-refractivity contribution in [1.29, 1.82) is 0 Å². The van der Waals surface area contributed by atoms with Crippen LogP contribution in [0.25, 0.3) is 0 Å². The van der Waals surface area contributed by atoms with Crippen molar-refractivity contribution in [3.05, 3.63) is 34.9 Å². The standard InChI is InChI=1S/C8H11ClNO4P/c9-7-3-1-6(2-4-7)8(11,5-10)15(12,13)14/h1-4,11H,5,10H2,(H2,12,13,14)/t8-/m0/s1. The van der Waals surface area contributed by atoms with Crippen LogP contribution in [0.5, 0.6) is 0 Å². The molecule has 0 saturated heterocycles. The minimum atomic E-state index is -4.74. The van der Waals surface area contributed by atoms with Gasteiger partial charge in [-0.2, -0.15) is 0 Å². The van der Waals surface area contributed by atoms with Crippen LogP contribution in [0, 0.1) is 0 Å². The summed E-state index contributed by atoms with van der Waals surface area (Å²) in [6, 6.07) is 5.50. The average Bonchev–Trinajstić information content (AvgIpc) is 2.16. The predicted octanol–water partition coefficient (Wildman–Crippen LogP) is 0.621.